The number of nitrogens with zero attached hydrogens (tertiary/aromatic N) is 1. The van der Waals surface area contributed by atoms with Gasteiger partial charge in [-0.25, -0.2) is 0 Å². The number of hydrogen-bond donors (Lipinski definition) is 3. The van der Waals surface area contributed by atoms with E-state index < -0.39 is 17.4 Å². The summed E-state index contributed by atoms with van der Waals surface area (Å²) < 4.78 is 6.34. The lowest BCUT2D eigenvalue weighted by Gasteiger charge is -2.20. The van der Waals surface area contributed by atoms with E-state index in [0.717, 1.165) is 5.56 Å². The minimum atomic E-state index is -0.785. The summed E-state index contributed by atoms with van der Waals surface area (Å²) in [7, 11) is 1.26. The van der Waals surface area contributed by atoms with Crippen LogP contribution < -0.4 is 5.56 Å². The van der Waals surface area contributed by atoms with Crippen LogP contribution in [-0.2, 0) is 22.5 Å². The Balaban J connectivity index is 2.04. The Morgan fingerprint density at radius 1 is 1.03 bits per heavy atom. The first-order valence-corrected chi connectivity index (χ1v) is 9.87. The Hall–Kier alpha value is -3.74. The highest BCUT2D eigenvalue weighted by Crippen LogP contribution is 2.33. The van der Waals surface area contributed by atoms with Crippen molar-refractivity contribution in [2.75, 3.05) is 7.11 Å². The molecule has 2 aromatic carbocycles. The predicted molar refractivity (Wildman–Crippen MR) is 115 cm³/mol. The topological polar surface area (TPSA) is 109 Å². The molecule has 0 aliphatic rings. The summed E-state index contributed by atoms with van der Waals surface area (Å²) in [6.07, 6.45) is 0.378. The monoisotopic (exact) mass is 423 g/mol. The van der Waals surface area contributed by atoms with Gasteiger partial charge in [-0.15, -0.1) is 0 Å². The summed E-state index contributed by atoms with van der Waals surface area (Å²) in [6, 6.07) is 14.5. The molecular weight excluding hydrogens is 398 g/mol. The maximum Gasteiger partial charge on any atom is 0.306 e. The Morgan fingerprint density at radius 2 is 1.74 bits per heavy atom. The van der Waals surface area contributed by atoms with Crippen molar-refractivity contribution in [3.8, 4) is 17.2 Å². The quantitative estimate of drug-likeness (QED) is 0.504. The normalized spacial score (nSPS) is 11.8. The summed E-state index contributed by atoms with van der Waals surface area (Å²) >= 11 is 0. The van der Waals surface area contributed by atoms with Gasteiger partial charge in [-0.3, -0.25) is 9.59 Å². The van der Waals surface area contributed by atoms with Gasteiger partial charge in [0.05, 0.1) is 19.1 Å². The van der Waals surface area contributed by atoms with Crippen LogP contribution in [-0.4, -0.2) is 33.0 Å². The predicted octanol–water partition coefficient (Wildman–Crippen LogP) is 3.21. The molecule has 7 nitrogen and oxygen atoms in total. The molecule has 0 radical (unpaired) electrons. The van der Waals surface area contributed by atoms with E-state index in [-0.39, 0.29) is 29.2 Å². The Labute approximate surface area is 179 Å². The maximum atomic E-state index is 13.4. The van der Waals surface area contributed by atoms with Crippen LogP contribution in [0.3, 0.4) is 0 Å². The second kappa shape index (κ2) is 9.38. The van der Waals surface area contributed by atoms with E-state index in [1.54, 1.807) is 47.9 Å². The molecular formula is C24H25NO6. The minimum absolute atomic E-state index is 0.00776. The zero-order chi connectivity index (χ0) is 22.5. The van der Waals surface area contributed by atoms with Gasteiger partial charge in [0, 0.05) is 18.2 Å². The smallest absolute Gasteiger partial charge is 0.306 e. The number of methoxy groups -OCH3 is 1. The number of pyridine rings is 1. The summed E-state index contributed by atoms with van der Waals surface area (Å²) in [4.78, 5) is 25.5. The molecule has 162 valence electrons. The standard InChI is InChI=1S/C24H25NO6/c1-15-12-21(28)23(20(14-22(29)31-2)17-4-3-5-19(27)13-17)24(30)25(15)11-10-16-6-8-18(26)9-7-16/h3-9,12-13,20,26-28H,10-11,14H2,1-2H3. The number of rotatable bonds is 7. The van der Waals surface area contributed by atoms with Crippen molar-refractivity contribution < 1.29 is 24.9 Å². The van der Waals surface area contributed by atoms with Crippen molar-refractivity contribution >= 4 is 5.97 Å². The fourth-order valence-electron chi connectivity index (χ4n) is 3.66. The van der Waals surface area contributed by atoms with E-state index in [9.17, 15) is 24.9 Å². The van der Waals surface area contributed by atoms with Gasteiger partial charge in [-0.2, -0.15) is 0 Å². The van der Waals surface area contributed by atoms with Crippen LogP contribution in [0, 0.1) is 6.92 Å². The van der Waals surface area contributed by atoms with E-state index >= 15 is 0 Å². The third kappa shape index (κ3) is 5.06. The van der Waals surface area contributed by atoms with E-state index in [0.29, 0.717) is 24.2 Å². The third-order valence-electron chi connectivity index (χ3n) is 5.30. The second-order valence-electron chi connectivity index (χ2n) is 7.39. The van der Waals surface area contributed by atoms with Gasteiger partial charge in [0.1, 0.15) is 17.2 Å². The van der Waals surface area contributed by atoms with Crippen LogP contribution in [0.4, 0.5) is 0 Å². The molecule has 0 saturated carbocycles. The van der Waals surface area contributed by atoms with Crippen molar-refractivity contribution in [2.45, 2.75) is 32.2 Å². The molecule has 1 heterocycles. The van der Waals surface area contributed by atoms with E-state index in [4.69, 9.17) is 4.74 Å². The summed E-state index contributed by atoms with van der Waals surface area (Å²) in [6.45, 7) is 2.08. The number of aromatic hydroxyl groups is 3. The number of phenolic OH excluding ortho intramolecular Hbond substituents is 2. The first kappa shape index (κ1) is 22.0. The number of aryl methyl sites for hydroxylation is 2. The van der Waals surface area contributed by atoms with Crippen LogP contribution in [0.2, 0.25) is 0 Å². The largest absolute Gasteiger partial charge is 0.508 e. The molecule has 0 saturated heterocycles. The molecule has 1 atom stereocenters. The number of phenols is 2. The molecule has 3 N–H and O–H groups in total. The second-order valence-corrected chi connectivity index (χ2v) is 7.39. The van der Waals surface area contributed by atoms with Crippen LogP contribution in [0.1, 0.15) is 34.7 Å². The lowest BCUT2D eigenvalue weighted by molar-refractivity contribution is -0.140. The van der Waals surface area contributed by atoms with Crippen LogP contribution >= 0.6 is 0 Å². The SMILES string of the molecule is COC(=O)CC(c1cccc(O)c1)c1c(O)cc(C)n(CCc2ccc(O)cc2)c1=O. The van der Waals surface area contributed by atoms with Crippen LogP contribution in [0.5, 0.6) is 17.2 Å². The molecule has 0 spiro atoms. The molecule has 0 fully saturated rings. The van der Waals surface area contributed by atoms with Gasteiger partial charge < -0.3 is 24.6 Å². The van der Waals surface area contributed by atoms with Crippen molar-refractivity contribution in [3.63, 3.8) is 0 Å². The van der Waals surface area contributed by atoms with Gasteiger partial charge >= 0.3 is 5.97 Å². The van der Waals surface area contributed by atoms with E-state index in [1.165, 1.54) is 25.3 Å². The number of hydrogen-bond acceptors (Lipinski definition) is 6. The average Bonchev–Trinajstić information content (AvgIpc) is 2.73. The molecule has 3 aromatic rings. The van der Waals surface area contributed by atoms with Gasteiger partial charge in [0.15, 0.2) is 0 Å². The first-order chi connectivity index (χ1) is 14.8. The molecule has 1 unspecified atom stereocenters. The summed E-state index contributed by atoms with van der Waals surface area (Å²) in [5.41, 5.74) is 1.71. The van der Waals surface area contributed by atoms with E-state index in [1.807, 2.05) is 0 Å². The van der Waals surface area contributed by atoms with Gasteiger partial charge in [0.2, 0.25) is 0 Å². The van der Waals surface area contributed by atoms with Crippen molar-refractivity contribution in [1.82, 2.24) is 4.57 Å². The molecule has 31 heavy (non-hydrogen) atoms. The molecule has 0 aliphatic heterocycles. The highest BCUT2D eigenvalue weighted by Gasteiger charge is 2.26. The average molecular weight is 423 g/mol. The molecule has 1 aromatic heterocycles. The molecule has 0 aliphatic carbocycles. The van der Waals surface area contributed by atoms with E-state index in [2.05, 4.69) is 0 Å². The lowest BCUT2D eigenvalue weighted by atomic mass is 9.88. The highest BCUT2D eigenvalue weighted by atomic mass is 16.5. The van der Waals surface area contributed by atoms with Crippen LogP contribution in [0.15, 0.2) is 59.4 Å². The molecule has 0 bridgehead atoms. The third-order valence-corrected chi connectivity index (χ3v) is 5.30. The zero-order valence-electron chi connectivity index (χ0n) is 17.4. The number of aromatic nitrogens is 1. The highest BCUT2D eigenvalue weighted by molar-refractivity contribution is 5.71. The maximum absolute atomic E-state index is 13.4. The molecule has 0 amide bonds. The number of benzene rings is 2. The number of ether oxygens (including phenoxy) is 1. The Morgan fingerprint density at radius 3 is 2.39 bits per heavy atom. The van der Waals surface area contributed by atoms with Gasteiger partial charge in [-0.05, 0) is 54.8 Å². The fourth-order valence-corrected chi connectivity index (χ4v) is 3.66. The minimum Gasteiger partial charge on any atom is -0.508 e. The van der Waals surface area contributed by atoms with Crippen LogP contribution in [0.25, 0.3) is 0 Å². The first-order valence-electron chi connectivity index (χ1n) is 9.87. The number of carbonyl (C=O) groups excluding carboxylic acids is 1. The Kier molecular flexibility index (Phi) is 6.65. The number of esters is 1. The summed E-state index contributed by atoms with van der Waals surface area (Å²) in [5, 5.41) is 30.0. The van der Waals surface area contributed by atoms with Crippen molar-refractivity contribution in [3.05, 3.63) is 87.3 Å². The molecule has 7 heteroatoms. The van der Waals surface area contributed by atoms with Gasteiger partial charge in [0.25, 0.3) is 5.56 Å². The van der Waals surface area contributed by atoms with Crippen molar-refractivity contribution in [1.29, 1.82) is 0 Å². The lowest BCUT2D eigenvalue weighted by Crippen LogP contribution is -2.29. The fraction of sp³-hybridized carbons (Fsp3) is 0.250. The Bertz CT molecular complexity index is 1130. The molecule has 3 rings (SSSR count). The van der Waals surface area contributed by atoms with Gasteiger partial charge in [-0.1, -0.05) is 24.3 Å². The summed E-state index contributed by atoms with van der Waals surface area (Å²) in [5.74, 6) is -1.37. The zero-order valence-corrected chi connectivity index (χ0v) is 17.4. The number of carbonyl (C=O) groups is 1. The van der Waals surface area contributed by atoms with Crippen molar-refractivity contribution in [2.24, 2.45) is 0 Å².